The standard InChI is InChI=1S/C10H20N.2C2H6/c1-3-7-11(8-4-1)9-5-2-6-10-11;2*1-2/h1-10H2;2*1-2H3/q+1;;. The van der Waals surface area contributed by atoms with Crippen LogP contribution in [0.1, 0.15) is 66.2 Å². The minimum absolute atomic E-state index is 1.50. The summed E-state index contributed by atoms with van der Waals surface area (Å²) in [5.41, 5.74) is 0. The molecule has 1 nitrogen and oxygen atoms in total. The van der Waals surface area contributed by atoms with Gasteiger partial charge in [-0.1, -0.05) is 27.7 Å². The maximum Gasteiger partial charge on any atom is 0.0786 e. The lowest BCUT2D eigenvalue weighted by Crippen LogP contribution is -2.54. The minimum atomic E-state index is 1.50. The normalized spacial score (nSPS) is 23.2. The maximum absolute atomic E-state index is 2.00. The van der Waals surface area contributed by atoms with Gasteiger partial charge in [-0.25, -0.2) is 0 Å². The van der Waals surface area contributed by atoms with Gasteiger partial charge in [0.05, 0.1) is 26.2 Å². The quantitative estimate of drug-likeness (QED) is 0.530. The second kappa shape index (κ2) is 9.21. The molecule has 15 heavy (non-hydrogen) atoms. The molecule has 0 radical (unpaired) electrons. The molecule has 0 saturated carbocycles. The average Bonchev–Trinajstić information content (AvgIpc) is 2.36. The molecule has 0 unspecified atom stereocenters. The summed E-state index contributed by atoms with van der Waals surface area (Å²) in [5.74, 6) is 0. The zero-order valence-corrected chi connectivity index (χ0v) is 11.5. The van der Waals surface area contributed by atoms with E-state index in [9.17, 15) is 0 Å². The van der Waals surface area contributed by atoms with Crippen molar-refractivity contribution in [3.8, 4) is 0 Å². The molecule has 0 aliphatic carbocycles. The number of quaternary nitrogens is 1. The van der Waals surface area contributed by atoms with Crippen molar-refractivity contribution in [1.29, 1.82) is 0 Å². The average molecular weight is 214 g/mol. The van der Waals surface area contributed by atoms with Gasteiger partial charge in [-0.15, -0.1) is 0 Å². The van der Waals surface area contributed by atoms with E-state index in [1.54, 1.807) is 0 Å². The van der Waals surface area contributed by atoms with E-state index in [0.717, 1.165) is 0 Å². The van der Waals surface area contributed by atoms with Crippen LogP contribution in [0.2, 0.25) is 0 Å². The van der Waals surface area contributed by atoms with Gasteiger partial charge in [0, 0.05) is 0 Å². The van der Waals surface area contributed by atoms with E-state index in [2.05, 4.69) is 0 Å². The summed E-state index contributed by atoms with van der Waals surface area (Å²) in [6.45, 7) is 14.0. The first-order chi connectivity index (χ1) is 7.41. The molecule has 0 aromatic carbocycles. The van der Waals surface area contributed by atoms with Crippen molar-refractivity contribution in [2.75, 3.05) is 26.2 Å². The first-order valence-electron chi connectivity index (χ1n) is 7.26. The Hall–Kier alpha value is -0.0400. The second-order valence-electron chi connectivity index (χ2n) is 4.36. The molecule has 0 aromatic rings. The highest BCUT2D eigenvalue weighted by molar-refractivity contribution is 4.59. The third-order valence-corrected chi connectivity index (χ3v) is 3.53. The van der Waals surface area contributed by atoms with Gasteiger partial charge in [-0.3, -0.25) is 0 Å². The largest absolute Gasteiger partial charge is 0.324 e. The Morgan fingerprint density at radius 3 is 1.00 bits per heavy atom. The minimum Gasteiger partial charge on any atom is -0.324 e. The summed E-state index contributed by atoms with van der Waals surface area (Å²) in [6.07, 6.45) is 9.00. The van der Waals surface area contributed by atoms with Crippen molar-refractivity contribution in [3.63, 3.8) is 0 Å². The van der Waals surface area contributed by atoms with Crippen molar-refractivity contribution >= 4 is 0 Å². The van der Waals surface area contributed by atoms with Crippen molar-refractivity contribution in [3.05, 3.63) is 0 Å². The Morgan fingerprint density at radius 2 is 0.733 bits per heavy atom. The second-order valence-corrected chi connectivity index (χ2v) is 4.36. The van der Waals surface area contributed by atoms with Gasteiger partial charge < -0.3 is 4.48 Å². The zero-order chi connectivity index (χ0) is 11.6. The van der Waals surface area contributed by atoms with E-state index in [1.165, 1.54) is 69.2 Å². The molecule has 2 saturated heterocycles. The van der Waals surface area contributed by atoms with E-state index < -0.39 is 0 Å². The first kappa shape index (κ1) is 15.0. The number of rotatable bonds is 0. The van der Waals surface area contributed by atoms with Crippen molar-refractivity contribution in [2.24, 2.45) is 0 Å². The number of piperidine rings is 2. The zero-order valence-electron chi connectivity index (χ0n) is 11.5. The van der Waals surface area contributed by atoms with Gasteiger partial charge in [0.2, 0.25) is 0 Å². The number of hydrogen-bond acceptors (Lipinski definition) is 0. The molecule has 0 amide bonds. The van der Waals surface area contributed by atoms with Gasteiger partial charge in [0.25, 0.3) is 0 Å². The van der Waals surface area contributed by atoms with Gasteiger partial charge in [-0.2, -0.15) is 0 Å². The Morgan fingerprint density at radius 1 is 0.467 bits per heavy atom. The molecule has 2 heterocycles. The summed E-state index contributed by atoms with van der Waals surface area (Å²) in [4.78, 5) is 0. The third kappa shape index (κ3) is 5.01. The van der Waals surface area contributed by atoms with Crippen LogP contribution >= 0.6 is 0 Å². The molecule has 1 heteroatoms. The monoisotopic (exact) mass is 214 g/mol. The van der Waals surface area contributed by atoms with Gasteiger partial charge >= 0.3 is 0 Å². The highest BCUT2D eigenvalue weighted by Gasteiger charge is 2.30. The van der Waals surface area contributed by atoms with Crippen molar-refractivity contribution in [1.82, 2.24) is 0 Å². The van der Waals surface area contributed by atoms with E-state index in [-0.39, 0.29) is 0 Å². The van der Waals surface area contributed by atoms with Gasteiger partial charge in [0.1, 0.15) is 0 Å². The van der Waals surface area contributed by atoms with Crippen LogP contribution < -0.4 is 0 Å². The highest BCUT2D eigenvalue weighted by atomic mass is 15.4. The van der Waals surface area contributed by atoms with E-state index in [0.29, 0.717) is 0 Å². The molecule has 0 atom stereocenters. The Bertz CT molecular complexity index is 99.8. The Balaban J connectivity index is 0.000000442. The molecular weight excluding hydrogens is 182 g/mol. The fraction of sp³-hybridized carbons (Fsp3) is 1.00. The molecule has 2 fully saturated rings. The van der Waals surface area contributed by atoms with Crippen LogP contribution in [0.4, 0.5) is 0 Å². The summed E-state index contributed by atoms with van der Waals surface area (Å²) in [7, 11) is 0. The first-order valence-corrected chi connectivity index (χ1v) is 7.26. The Kier molecular flexibility index (Phi) is 9.18. The van der Waals surface area contributed by atoms with Crippen LogP contribution in [-0.4, -0.2) is 30.7 Å². The molecular formula is C14H32N+. The van der Waals surface area contributed by atoms with E-state index in [1.807, 2.05) is 27.7 Å². The summed E-state index contributed by atoms with van der Waals surface area (Å²) in [6, 6.07) is 0. The molecule has 0 N–H and O–H groups in total. The maximum atomic E-state index is 2.00. The van der Waals surface area contributed by atoms with Crippen LogP contribution in [0.5, 0.6) is 0 Å². The Labute approximate surface area is 97.5 Å². The number of nitrogens with zero attached hydrogens (tertiary/aromatic N) is 1. The summed E-state index contributed by atoms with van der Waals surface area (Å²) >= 11 is 0. The predicted octanol–water partition coefficient (Wildman–Crippen LogP) is 4.22. The molecule has 0 aromatic heterocycles. The smallest absolute Gasteiger partial charge is 0.0786 e. The van der Waals surface area contributed by atoms with Gasteiger partial charge in [0.15, 0.2) is 0 Å². The van der Waals surface area contributed by atoms with Gasteiger partial charge in [-0.05, 0) is 38.5 Å². The van der Waals surface area contributed by atoms with E-state index >= 15 is 0 Å². The van der Waals surface area contributed by atoms with Crippen LogP contribution in [0.3, 0.4) is 0 Å². The van der Waals surface area contributed by atoms with Crippen LogP contribution in [0, 0.1) is 0 Å². The fourth-order valence-electron chi connectivity index (χ4n) is 2.81. The lowest BCUT2D eigenvalue weighted by molar-refractivity contribution is -0.936. The molecule has 92 valence electrons. The predicted molar refractivity (Wildman–Crippen MR) is 70.1 cm³/mol. The van der Waals surface area contributed by atoms with Crippen LogP contribution in [-0.2, 0) is 0 Å². The SMILES string of the molecule is C1CC[N+]2(CC1)CCCCC2.CC.CC. The lowest BCUT2D eigenvalue weighted by atomic mass is 10.0. The third-order valence-electron chi connectivity index (χ3n) is 3.53. The lowest BCUT2D eigenvalue weighted by Gasteiger charge is -2.44. The number of hydrogen-bond donors (Lipinski definition) is 0. The summed E-state index contributed by atoms with van der Waals surface area (Å²) in [5, 5.41) is 0. The van der Waals surface area contributed by atoms with Crippen molar-refractivity contribution in [2.45, 2.75) is 66.2 Å². The molecule has 2 rings (SSSR count). The van der Waals surface area contributed by atoms with Crippen LogP contribution in [0.25, 0.3) is 0 Å². The molecule has 2 aliphatic rings. The molecule has 0 bridgehead atoms. The molecule has 1 spiro atoms. The van der Waals surface area contributed by atoms with E-state index in [4.69, 9.17) is 0 Å². The van der Waals surface area contributed by atoms with Crippen molar-refractivity contribution < 1.29 is 4.48 Å². The topological polar surface area (TPSA) is 0 Å². The van der Waals surface area contributed by atoms with Crippen LogP contribution in [0.15, 0.2) is 0 Å². The fourth-order valence-corrected chi connectivity index (χ4v) is 2.81. The molecule has 2 aliphatic heterocycles. The highest BCUT2D eigenvalue weighted by Crippen LogP contribution is 2.24. The summed E-state index contributed by atoms with van der Waals surface area (Å²) < 4.78 is 1.50.